The Kier molecular flexibility index (Phi) is 6.23. The van der Waals surface area contributed by atoms with Crippen LogP contribution < -0.4 is 15.8 Å². The summed E-state index contributed by atoms with van der Waals surface area (Å²) in [6.45, 7) is 0.162. The third-order valence-corrected chi connectivity index (χ3v) is 4.85. The first-order chi connectivity index (χ1) is 12.6. The molecule has 4 nitrogen and oxygen atoms in total. The Balaban J connectivity index is 1.69. The molecule has 26 heavy (non-hydrogen) atoms. The van der Waals surface area contributed by atoms with Crippen molar-refractivity contribution in [2.75, 3.05) is 6.61 Å². The highest BCUT2D eigenvalue weighted by atomic mass is 19.1. The summed E-state index contributed by atoms with van der Waals surface area (Å²) in [5.74, 6) is -0.309. The Labute approximate surface area is 153 Å². The minimum atomic E-state index is -0.413. The highest BCUT2D eigenvalue weighted by Crippen LogP contribution is 2.25. The van der Waals surface area contributed by atoms with Crippen molar-refractivity contribution in [3.8, 4) is 5.75 Å². The molecule has 3 unspecified atom stereocenters. The number of carbonyl (C=O) groups excluding carboxylic acids is 1. The smallest absolute Gasteiger partial charge is 0.223 e. The van der Waals surface area contributed by atoms with Crippen molar-refractivity contribution in [1.82, 2.24) is 5.32 Å². The van der Waals surface area contributed by atoms with Gasteiger partial charge in [-0.05, 0) is 37.0 Å². The average Bonchev–Trinajstić information content (AvgIpc) is 2.67. The van der Waals surface area contributed by atoms with Crippen LogP contribution in [0.4, 0.5) is 4.39 Å². The fourth-order valence-electron chi connectivity index (χ4n) is 3.40. The van der Waals surface area contributed by atoms with Crippen molar-refractivity contribution in [3.63, 3.8) is 0 Å². The number of amides is 1. The number of nitrogens with two attached hydrogens (primary N) is 1. The van der Waals surface area contributed by atoms with Gasteiger partial charge in [0, 0.05) is 12.0 Å². The number of hydrogen-bond acceptors (Lipinski definition) is 3. The molecule has 0 spiro atoms. The second-order valence-corrected chi connectivity index (χ2v) is 6.84. The van der Waals surface area contributed by atoms with Crippen molar-refractivity contribution in [3.05, 3.63) is 66.0 Å². The van der Waals surface area contributed by atoms with Gasteiger partial charge < -0.3 is 15.8 Å². The van der Waals surface area contributed by atoms with E-state index in [1.807, 2.05) is 30.3 Å². The number of ether oxygens (including phenoxy) is 1. The molecule has 1 saturated carbocycles. The van der Waals surface area contributed by atoms with E-state index in [9.17, 15) is 9.18 Å². The summed E-state index contributed by atoms with van der Waals surface area (Å²) in [5.41, 5.74) is 6.94. The van der Waals surface area contributed by atoms with Crippen molar-refractivity contribution in [1.29, 1.82) is 0 Å². The minimum absolute atomic E-state index is 0.00821. The first-order valence-corrected chi connectivity index (χ1v) is 9.11. The molecule has 1 amide bonds. The summed E-state index contributed by atoms with van der Waals surface area (Å²) in [5, 5.41) is 3.07. The summed E-state index contributed by atoms with van der Waals surface area (Å²) in [7, 11) is 0. The summed E-state index contributed by atoms with van der Waals surface area (Å²) in [6.07, 6.45) is 3.51. The van der Waals surface area contributed by atoms with Gasteiger partial charge in [0.25, 0.3) is 0 Å². The van der Waals surface area contributed by atoms with Gasteiger partial charge >= 0.3 is 0 Å². The molecule has 0 aliphatic heterocycles. The van der Waals surface area contributed by atoms with E-state index in [1.54, 1.807) is 18.2 Å². The fraction of sp³-hybridized carbons (Fsp3) is 0.381. The van der Waals surface area contributed by atoms with Crippen molar-refractivity contribution >= 4 is 5.91 Å². The maximum Gasteiger partial charge on any atom is 0.223 e. The maximum absolute atomic E-state index is 13.8. The summed E-state index contributed by atoms with van der Waals surface area (Å²) >= 11 is 0. The SMILES string of the molecule is NC1CCCC(C(=O)NC(COc2ccccc2F)c2ccccc2)C1. The van der Waals surface area contributed by atoms with Crippen LogP contribution in [0.15, 0.2) is 54.6 Å². The van der Waals surface area contributed by atoms with Crippen LogP contribution in [0.5, 0.6) is 5.75 Å². The van der Waals surface area contributed by atoms with E-state index in [4.69, 9.17) is 10.5 Å². The number of benzene rings is 2. The van der Waals surface area contributed by atoms with Gasteiger partial charge in [0.05, 0.1) is 6.04 Å². The molecule has 5 heteroatoms. The summed E-state index contributed by atoms with van der Waals surface area (Å²) < 4.78 is 19.5. The largest absolute Gasteiger partial charge is 0.488 e. The lowest BCUT2D eigenvalue weighted by Crippen LogP contribution is -2.40. The molecule has 0 saturated heterocycles. The van der Waals surface area contributed by atoms with E-state index < -0.39 is 5.82 Å². The van der Waals surface area contributed by atoms with E-state index in [0.29, 0.717) is 6.42 Å². The lowest BCUT2D eigenvalue weighted by Gasteiger charge is -2.28. The highest BCUT2D eigenvalue weighted by molar-refractivity contribution is 5.79. The van der Waals surface area contributed by atoms with Crippen LogP contribution in [0.1, 0.15) is 37.3 Å². The molecule has 1 aliphatic rings. The number of carbonyl (C=O) groups is 1. The number of nitrogens with one attached hydrogen (secondary N) is 1. The topological polar surface area (TPSA) is 64.4 Å². The number of hydrogen-bond donors (Lipinski definition) is 2. The van der Waals surface area contributed by atoms with Gasteiger partial charge in [-0.25, -0.2) is 4.39 Å². The van der Waals surface area contributed by atoms with Gasteiger partial charge in [0.15, 0.2) is 11.6 Å². The lowest BCUT2D eigenvalue weighted by atomic mass is 9.85. The second-order valence-electron chi connectivity index (χ2n) is 6.84. The third-order valence-electron chi connectivity index (χ3n) is 4.85. The molecule has 2 aromatic rings. The van der Waals surface area contributed by atoms with Crippen LogP contribution in [0.25, 0.3) is 0 Å². The standard InChI is InChI=1S/C21H25FN2O2/c22-18-11-4-5-12-20(18)26-14-19(15-7-2-1-3-8-15)24-21(25)16-9-6-10-17(23)13-16/h1-5,7-8,11-12,16-17,19H,6,9-10,13-14,23H2,(H,24,25). The minimum Gasteiger partial charge on any atom is -0.488 e. The van der Waals surface area contributed by atoms with Crippen LogP contribution in [0.3, 0.4) is 0 Å². The zero-order chi connectivity index (χ0) is 18.4. The van der Waals surface area contributed by atoms with Crippen LogP contribution in [0, 0.1) is 11.7 Å². The Morgan fingerprint density at radius 3 is 2.62 bits per heavy atom. The molecule has 3 N–H and O–H groups in total. The molecular formula is C21H25FN2O2. The Morgan fingerprint density at radius 1 is 1.15 bits per heavy atom. The zero-order valence-corrected chi connectivity index (χ0v) is 14.7. The number of halogens is 1. The molecule has 0 heterocycles. The first-order valence-electron chi connectivity index (χ1n) is 9.11. The molecular weight excluding hydrogens is 331 g/mol. The van der Waals surface area contributed by atoms with Gasteiger partial charge in [-0.3, -0.25) is 4.79 Å². The predicted octanol–water partition coefficient (Wildman–Crippen LogP) is 3.58. The van der Waals surface area contributed by atoms with Gasteiger partial charge in [0.1, 0.15) is 6.61 Å². The Morgan fingerprint density at radius 2 is 1.88 bits per heavy atom. The average molecular weight is 356 g/mol. The third kappa shape index (κ3) is 4.82. The van der Waals surface area contributed by atoms with E-state index in [1.165, 1.54) is 6.07 Å². The Bertz CT molecular complexity index is 723. The maximum atomic E-state index is 13.8. The lowest BCUT2D eigenvalue weighted by molar-refractivity contribution is -0.127. The predicted molar refractivity (Wildman–Crippen MR) is 99.2 cm³/mol. The molecule has 1 fully saturated rings. The molecule has 3 atom stereocenters. The van der Waals surface area contributed by atoms with E-state index in [2.05, 4.69) is 5.32 Å². The van der Waals surface area contributed by atoms with Crippen LogP contribution >= 0.6 is 0 Å². The quantitative estimate of drug-likeness (QED) is 0.831. The molecule has 2 aromatic carbocycles. The summed E-state index contributed by atoms with van der Waals surface area (Å²) in [6, 6.07) is 15.6. The monoisotopic (exact) mass is 356 g/mol. The van der Waals surface area contributed by atoms with Crippen molar-refractivity contribution < 1.29 is 13.9 Å². The van der Waals surface area contributed by atoms with E-state index in [0.717, 1.165) is 24.8 Å². The second kappa shape index (κ2) is 8.81. The number of para-hydroxylation sites is 1. The van der Waals surface area contributed by atoms with Crippen LogP contribution in [-0.2, 0) is 4.79 Å². The van der Waals surface area contributed by atoms with Gasteiger partial charge in [0.2, 0.25) is 5.91 Å². The first kappa shape index (κ1) is 18.4. The molecule has 1 aliphatic carbocycles. The van der Waals surface area contributed by atoms with Gasteiger partial charge in [-0.15, -0.1) is 0 Å². The van der Waals surface area contributed by atoms with Crippen LogP contribution in [-0.4, -0.2) is 18.6 Å². The van der Waals surface area contributed by atoms with Crippen molar-refractivity contribution in [2.24, 2.45) is 11.7 Å². The Hall–Kier alpha value is -2.40. The normalized spacial score (nSPS) is 21.0. The van der Waals surface area contributed by atoms with E-state index >= 15 is 0 Å². The molecule has 138 valence electrons. The van der Waals surface area contributed by atoms with Crippen molar-refractivity contribution in [2.45, 2.75) is 37.8 Å². The molecule has 0 radical (unpaired) electrons. The van der Waals surface area contributed by atoms with E-state index in [-0.39, 0.29) is 36.3 Å². The number of rotatable bonds is 6. The van der Waals surface area contributed by atoms with Gasteiger partial charge in [-0.1, -0.05) is 48.9 Å². The molecule has 0 bridgehead atoms. The highest BCUT2D eigenvalue weighted by Gasteiger charge is 2.27. The van der Waals surface area contributed by atoms with Gasteiger partial charge in [-0.2, -0.15) is 0 Å². The summed E-state index contributed by atoms with van der Waals surface area (Å²) in [4.78, 5) is 12.7. The molecule has 0 aromatic heterocycles. The zero-order valence-electron chi connectivity index (χ0n) is 14.7. The fourth-order valence-corrected chi connectivity index (χ4v) is 3.40. The molecule has 3 rings (SSSR count). The van der Waals surface area contributed by atoms with Crippen LogP contribution in [0.2, 0.25) is 0 Å².